The molecular formula is C18H14Cl2F6N4O2. The zero-order valence-corrected chi connectivity index (χ0v) is 18.1. The van der Waals surface area contributed by atoms with Crippen LogP contribution in [0.5, 0.6) is 0 Å². The van der Waals surface area contributed by atoms with Gasteiger partial charge >= 0.3 is 18.3 Å². The third-order valence-corrected chi connectivity index (χ3v) is 4.41. The highest BCUT2D eigenvalue weighted by molar-refractivity contribution is 6.38. The maximum Gasteiger partial charge on any atom is 0.435 e. The molecule has 14 heteroatoms. The van der Waals surface area contributed by atoms with Gasteiger partial charge in [-0.25, -0.2) is 14.5 Å². The van der Waals surface area contributed by atoms with E-state index >= 15 is 0 Å². The summed E-state index contributed by atoms with van der Waals surface area (Å²) < 4.78 is 85.4. The summed E-state index contributed by atoms with van der Waals surface area (Å²) in [5.41, 5.74) is -4.92. The lowest BCUT2D eigenvalue weighted by Gasteiger charge is -2.14. The van der Waals surface area contributed by atoms with Crippen LogP contribution >= 0.6 is 23.2 Å². The summed E-state index contributed by atoms with van der Waals surface area (Å²) in [6, 6.07) is 0.956. The van der Waals surface area contributed by atoms with Gasteiger partial charge in [-0.15, -0.1) is 0 Å². The zero-order valence-electron chi connectivity index (χ0n) is 16.6. The number of nitrogens with zero attached hydrogens (tertiary/aromatic N) is 4. The van der Waals surface area contributed by atoms with E-state index in [2.05, 4.69) is 21.4 Å². The molecule has 0 aliphatic rings. The lowest BCUT2D eigenvalue weighted by Crippen LogP contribution is -2.12. The first-order chi connectivity index (χ1) is 14.6. The van der Waals surface area contributed by atoms with Crippen LogP contribution in [0.2, 0.25) is 10.0 Å². The second-order valence-corrected chi connectivity index (χ2v) is 7.24. The summed E-state index contributed by atoms with van der Waals surface area (Å²) in [6.45, 7) is 3.33. The smallest absolute Gasteiger partial charge is 0.435 e. The van der Waals surface area contributed by atoms with Gasteiger partial charge in [0.15, 0.2) is 11.5 Å². The van der Waals surface area contributed by atoms with E-state index in [0.717, 1.165) is 13.4 Å². The molecule has 0 saturated heterocycles. The first kappa shape index (κ1) is 25.5. The zero-order chi connectivity index (χ0) is 24.6. The number of carbonyl (C=O) groups excluding carboxylic acids is 1. The van der Waals surface area contributed by atoms with Gasteiger partial charge in [0.1, 0.15) is 5.69 Å². The predicted molar refractivity (Wildman–Crippen MR) is 106 cm³/mol. The number of aliphatic imine (C=N–C) groups is 1. The third-order valence-electron chi connectivity index (χ3n) is 3.83. The molecule has 6 nitrogen and oxygen atoms in total. The molecule has 0 amide bonds. The molecule has 2 aromatic rings. The van der Waals surface area contributed by atoms with Gasteiger partial charge in [0, 0.05) is 14.1 Å². The summed E-state index contributed by atoms with van der Waals surface area (Å²) in [6.07, 6.45) is -8.85. The van der Waals surface area contributed by atoms with Crippen LogP contribution in [0.3, 0.4) is 0 Å². The maximum atomic E-state index is 13.8. The van der Waals surface area contributed by atoms with Crippen molar-refractivity contribution in [1.29, 1.82) is 0 Å². The minimum atomic E-state index is -5.11. The van der Waals surface area contributed by atoms with Crippen molar-refractivity contribution in [3.8, 4) is 5.69 Å². The number of ether oxygens (including phenoxy) is 1. The van der Waals surface area contributed by atoms with Gasteiger partial charge in [0.05, 0.1) is 40.2 Å². The standard InChI is InChI=1S/C18H14Cl2F6N4O2/c1-8(16(31)32-4)12-14(18(24,25)26)28-30(15(12)27-7-29(2)3)13-10(19)5-9(6-11(13)20)17(21,22)23/h5-7H,1H2,2-4H3. The van der Waals surface area contributed by atoms with Crippen molar-refractivity contribution in [3.63, 3.8) is 0 Å². The second-order valence-electron chi connectivity index (χ2n) is 6.42. The highest BCUT2D eigenvalue weighted by Crippen LogP contribution is 2.44. The quantitative estimate of drug-likeness (QED) is 0.175. The van der Waals surface area contributed by atoms with Gasteiger partial charge in [0.2, 0.25) is 0 Å². The number of carbonyl (C=O) groups is 1. The number of hydrogen-bond acceptors (Lipinski definition) is 4. The number of methoxy groups -OCH3 is 1. The van der Waals surface area contributed by atoms with E-state index in [-0.39, 0.29) is 0 Å². The maximum absolute atomic E-state index is 13.8. The minimum Gasteiger partial charge on any atom is -0.465 e. The van der Waals surface area contributed by atoms with Gasteiger partial charge in [-0.05, 0) is 12.1 Å². The van der Waals surface area contributed by atoms with Crippen molar-refractivity contribution in [2.75, 3.05) is 21.2 Å². The van der Waals surface area contributed by atoms with Gasteiger partial charge in [-0.3, -0.25) is 0 Å². The fourth-order valence-electron chi connectivity index (χ4n) is 2.49. The van der Waals surface area contributed by atoms with Crippen molar-refractivity contribution in [2.24, 2.45) is 4.99 Å². The number of alkyl halides is 6. The molecule has 0 spiro atoms. The van der Waals surface area contributed by atoms with Crippen LogP contribution in [-0.2, 0) is 21.9 Å². The molecule has 0 bridgehead atoms. The summed E-state index contributed by atoms with van der Waals surface area (Å²) in [7, 11) is 3.93. The molecule has 1 heterocycles. The lowest BCUT2D eigenvalue weighted by molar-refractivity contribution is -0.141. The first-order valence-electron chi connectivity index (χ1n) is 8.34. The summed E-state index contributed by atoms with van der Waals surface area (Å²) in [4.78, 5) is 17.2. The molecule has 0 radical (unpaired) electrons. The van der Waals surface area contributed by atoms with Crippen LogP contribution in [-0.4, -0.2) is 48.2 Å². The van der Waals surface area contributed by atoms with Gasteiger partial charge in [-0.1, -0.05) is 29.8 Å². The van der Waals surface area contributed by atoms with Crippen molar-refractivity contribution in [3.05, 3.63) is 45.6 Å². The molecule has 32 heavy (non-hydrogen) atoms. The van der Waals surface area contributed by atoms with Crippen LogP contribution < -0.4 is 0 Å². The van der Waals surface area contributed by atoms with Crippen molar-refractivity contribution >= 4 is 46.9 Å². The van der Waals surface area contributed by atoms with E-state index in [9.17, 15) is 31.1 Å². The molecule has 0 saturated carbocycles. The minimum absolute atomic E-state index is 0.478. The Kier molecular flexibility index (Phi) is 7.20. The third kappa shape index (κ3) is 5.18. The summed E-state index contributed by atoms with van der Waals surface area (Å²) >= 11 is 11.9. The monoisotopic (exact) mass is 502 g/mol. The predicted octanol–water partition coefficient (Wildman–Crippen LogP) is 5.62. The fraction of sp³-hybridized carbons (Fsp3) is 0.278. The largest absolute Gasteiger partial charge is 0.465 e. The number of esters is 1. The Morgan fingerprint density at radius 3 is 2.09 bits per heavy atom. The van der Waals surface area contributed by atoms with E-state index in [1.54, 1.807) is 0 Å². The van der Waals surface area contributed by atoms with Gasteiger partial charge in [0.25, 0.3) is 0 Å². The Hall–Kier alpha value is -2.73. The second kappa shape index (κ2) is 9.02. The molecule has 0 N–H and O–H groups in total. The molecule has 1 aromatic heterocycles. The van der Waals surface area contributed by atoms with Crippen LogP contribution in [0.1, 0.15) is 16.8 Å². The number of aromatic nitrogens is 2. The van der Waals surface area contributed by atoms with Crippen molar-refractivity contribution in [2.45, 2.75) is 12.4 Å². The Balaban J connectivity index is 2.97. The topological polar surface area (TPSA) is 59.7 Å². The molecule has 1 aromatic carbocycles. The fourth-order valence-corrected chi connectivity index (χ4v) is 3.13. The number of benzene rings is 1. The summed E-state index contributed by atoms with van der Waals surface area (Å²) in [5, 5.41) is 2.11. The Labute approximate surface area is 187 Å². The van der Waals surface area contributed by atoms with Crippen LogP contribution in [0.15, 0.2) is 23.7 Å². The lowest BCUT2D eigenvalue weighted by atomic mass is 10.1. The highest BCUT2D eigenvalue weighted by Gasteiger charge is 2.42. The van der Waals surface area contributed by atoms with Gasteiger partial charge < -0.3 is 9.64 Å². The SMILES string of the molecule is C=C(C(=O)OC)c1c(C(F)(F)F)nn(-c2c(Cl)cc(C(F)(F)F)cc2Cl)c1N=CN(C)C. The van der Waals surface area contributed by atoms with Crippen LogP contribution in [0, 0.1) is 0 Å². The molecule has 0 aliphatic carbocycles. The highest BCUT2D eigenvalue weighted by atomic mass is 35.5. The van der Waals surface area contributed by atoms with E-state index in [1.165, 1.54) is 19.0 Å². The van der Waals surface area contributed by atoms with E-state index in [4.69, 9.17) is 23.2 Å². The van der Waals surface area contributed by atoms with Gasteiger partial charge in [-0.2, -0.15) is 31.4 Å². The molecule has 0 unspecified atom stereocenters. The average molecular weight is 503 g/mol. The number of halogens is 8. The molecule has 0 atom stereocenters. The van der Waals surface area contributed by atoms with E-state index in [1.807, 2.05) is 0 Å². The molecule has 0 fully saturated rings. The summed E-state index contributed by atoms with van der Waals surface area (Å²) in [5.74, 6) is -1.81. The Morgan fingerprint density at radius 1 is 1.16 bits per heavy atom. The van der Waals surface area contributed by atoms with E-state index < -0.39 is 62.3 Å². The van der Waals surface area contributed by atoms with Crippen LogP contribution in [0.25, 0.3) is 11.3 Å². The number of hydrogen-bond donors (Lipinski definition) is 0. The molecular weight excluding hydrogens is 489 g/mol. The molecule has 0 aliphatic heterocycles. The van der Waals surface area contributed by atoms with E-state index in [0.29, 0.717) is 16.8 Å². The molecule has 174 valence electrons. The first-order valence-corrected chi connectivity index (χ1v) is 9.10. The average Bonchev–Trinajstić information content (AvgIpc) is 3.03. The molecule has 2 rings (SSSR count). The normalized spacial score (nSPS) is 12.3. The van der Waals surface area contributed by atoms with Crippen molar-refractivity contribution in [1.82, 2.24) is 14.7 Å². The van der Waals surface area contributed by atoms with Crippen molar-refractivity contribution < 1.29 is 35.9 Å². The van der Waals surface area contributed by atoms with Crippen LogP contribution in [0.4, 0.5) is 32.2 Å². The number of rotatable bonds is 5. The Morgan fingerprint density at radius 2 is 1.69 bits per heavy atom. The Bertz CT molecular complexity index is 1070.